The Morgan fingerprint density at radius 1 is 1.57 bits per heavy atom. The van der Waals surface area contributed by atoms with Gasteiger partial charge in [0.1, 0.15) is 5.75 Å². The number of hydrogen-bond donors (Lipinski definition) is 1. The zero-order valence-corrected chi connectivity index (χ0v) is 8.60. The van der Waals surface area contributed by atoms with Crippen LogP contribution in [0.25, 0.3) is 0 Å². The maximum absolute atomic E-state index is 6.12. The van der Waals surface area contributed by atoms with Gasteiger partial charge in [-0.3, -0.25) is 4.98 Å². The summed E-state index contributed by atoms with van der Waals surface area (Å²) in [5, 5.41) is 0. The van der Waals surface area contributed by atoms with E-state index >= 15 is 0 Å². The van der Waals surface area contributed by atoms with Gasteiger partial charge in [0, 0.05) is 12.2 Å². The fourth-order valence-corrected chi connectivity index (χ4v) is 1.83. The van der Waals surface area contributed by atoms with Crippen LogP contribution in [0.5, 0.6) is 5.75 Å². The van der Waals surface area contributed by atoms with Gasteiger partial charge in [-0.15, -0.1) is 0 Å². The van der Waals surface area contributed by atoms with Crippen molar-refractivity contribution in [3.8, 4) is 5.75 Å². The van der Waals surface area contributed by atoms with Gasteiger partial charge in [0.25, 0.3) is 0 Å². The molecule has 14 heavy (non-hydrogen) atoms. The van der Waals surface area contributed by atoms with Crippen LogP contribution in [0.15, 0.2) is 18.5 Å². The molecule has 1 aromatic heterocycles. The first-order valence-corrected chi connectivity index (χ1v) is 4.97. The Hall–Kier alpha value is -1.09. The summed E-state index contributed by atoms with van der Waals surface area (Å²) in [6, 6.07) is 2.09. The summed E-state index contributed by atoms with van der Waals surface area (Å²) >= 11 is 0. The highest BCUT2D eigenvalue weighted by atomic mass is 16.5. The summed E-state index contributed by atoms with van der Waals surface area (Å²) in [5.74, 6) is 2.17. The smallest absolute Gasteiger partial charge is 0.137 e. The maximum atomic E-state index is 6.12. The Balaban J connectivity index is 2.14. The molecule has 0 amide bonds. The topological polar surface area (TPSA) is 48.1 Å². The molecule has 1 aliphatic carbocycles. The number of methoxy groups -OCH3 is 1. The average molecular weight is 192 g/mol. The molecule has 0 aliphatic heterocycles. The molecule has 3 atom stereocenters. The van der Waals surface area contributed by atoms with Crippen molar-refractivity contribution in [1.82, 2.24) is 4.98 Å². The highest BCUT2D eigenvalue weighted by molar-refractivity contribution is 5.27. The Bertz CT molecular complexity index is 327. The van der Waals surface area contributed by atoms with E-state index in [9.17, 15) is 0 Å². The van der Waals surface area contributed by atoms with Gasteiger partial charge in [0.05, 0.1) is 13.3 Å². The van der Waals surface area contributed by atoms with E-state index in [4.69, 9.17) is 10.5 Å². The molecule has 1 saturated carbocycles. The largest absolute Gasteiger partial charge is 0.495 e. The summed E-state index contributed by atoms with van der Waals surface area (Å²) in [4.78, 5) is 4.11. The van der Waals surface area contributed by atoms with E-state index in [1.165, 1.54) is 6.42 Å². The van der Waals surface area contributed by atoms with Crippen LogP contribution in [0, 0.1) is 11.8 Å². The summed E-state index contributed by atoms with van der Waals surface area (Å²) < 4.78 is 5.11. The third-order valence-electron chi connectivity index (χ3n) is 2.99. The first-order chi connectivity index (χ1) is 6.72. The zero-order chi connectivity index (χ0) is 10.1. The second-order valence-corrected chi connectivity index (χ2v) is 4.06. The van der Waals surface area contributed by atoms with Crippen LogP contribution >= 0.6 is 0 Å². The Kier molecular flexibility index (Phi) is 2.42. The van der Waals surface area contributed by atoms with Gasteiger partial charge in [0.2, 0.25) is 0 Å². The van der Waals surface area contributed by atoms with Crippen LogP contribution in [0.2, 0.25) is 0 Å². The minimum Gasteiger partial charge on any atom is -0.495 e. The van der Waals surface area contributed by atoms with Gasteiger partial charge in [-0.1, -0.05) is 6.92 Å². The molecule has 0 radical (unpaired) electrons. The van der Waals surface area contributed by atoms with Crippen LogP contribution in [0.3, 0.4) is 0 Å². The van der Waals surface area contributed by atoms with Gasteiger partial charge in [-0.2, -0.15) is 0 Å². The summed E-state index contributed by atoms with van der Waals surface area (Å²) in [6.07, 6.45) is 4.77. The van der Waals surface area contributed by atoms with Gasteiger partial charge >= 0.3 is 0 Å². The zero-order valence-electron chi connectivity index (χ0n) is 8.60. The molecule has 3 unspecified atom stereocenters. The van der Waals surface area contributed by atoms with E-state index in [-0.39, 0.29) is 6.04 Å². The maximum Gasteiger partial charge on any atom is 0.137 e. The minimum atomic E-state index is 0.118. The van der Waals surface area contributed by atoms with Gasteiger partial charge in [-0.05, 0) is 29.9 Å². The van der Waals surface area contributed by atoms with Crippen LogP contribution in [0.1, 0.15) is 24.9 Å². The molecule has 0 aromatic carbocycles. The number of hydrogen-bond acceptors (Lipinski definition) is 3. The third-order valence-corrected chi connectivity index (χ3v) is 2.99. The van der Waals surface area contributed by atoms with Gasteiger partial charge in [-0.25, -0.2) is 0 Å². The molecule has 0 saturated heterocycles. The summed E-state index contributed by atoms with van der Waals surface area (Å²) in [7, 11) is 1.64. The van der Waals surface area contributed by atoms with Crippen LogP contribution in [-0.2, 0) is 0 Å². The Labute approximate surface area is 84.3 Å². The highest BCUT2D eigenvalue weighted by Crippen LogP contribution is 2.45. The van der Waals surface area contributed by atoms with E-state index in [1.54, 1.807) is 13.3 Å². The second kappa shape index (κ2) is 3.58. The molecule has 1 heterocycles. The lowest BCUT2D eigenvalue weighted by Crippen LogP contribution is -2.13. The van der Waals surface area contributed by atoms with Crippen molar-refractivity contribution in [2.45, 2.75) is 19.4 Å². The molecule has 0 spiro atoms. The van der Waals surface area contributed by atoms with Crippen molar-refractivity contribution < 1.29 is 4.74 Å². The predicted octanol–water partition coefficient (Wildman–Crippen LogP) is 1.75. The monoisotopic (exact) mass is 192 g/mol. The molecule has 1 aromatic rings. The number of ether oxygens (including phenoxy) is 1. The van der Waals surface area contributed by atoms with Crippen molar-refractivity contribution in [2.24, 2.45) is 17.6 Å². The third kappa shape index (κ3) is 1.73. The lowest BCUT2D eigenvalue weighted by Gasteiger charge is -2.11. The fraction of sp³-hybridized carbons (Fsp3) is 0.545. The Morgan fingerprint density at radius 3 is 2.86 bits per heavy atom. The average Bonchev–Trinajstić information content (AvgIpc) is 2.94. The quantitative estimate of drug-likeness (QED) is 0.793. The van der Waals surface area contributed by atoms with Crippen molar-refractivity contribution >= 4 is 0 Å². The van der Waals surface area contributed by atoms with Crippen molar-refractivity contribution in [3.63, 3.8) is 0 Å². The van der Waals surface area contributed by atoms with Crippen molar-refractivity contribution in [3.05, 3.63) is 24.0 Å². The lowest BCUT2D eigenvalue weighted by molar-refractivity contribution is 0.411. The highest BCUT2D eigenvalue weighted by Gasteiger charge is 2.38. The number of nitrogens with zero attached hydrogens (tertiary/aromatic N) is 1. The van der Waals surface area contributed by atoms with E-state index in [0.717, 1.165) is 17.2 Å². The molecule has 3 nitrogen and oxygen atoms in total. The molecule has 1 fully saturated rings. The molecule has 2 rings (SSSR count). The molecular formula is C11H16N2O. The fourth-order valence-electron chi connectivity index (χ4n) is 1.83. The molecule has 76 valence electrons. The first-order valence-electron chi connectivity index (χ1n) is 4.97. The van der Waals surface area contributed by atoms with Crippen molar-refractivity contribution in [1.29, 1.82) is 0 Å². The minimum absolute atomic E-state index is 0.118. The lowest BCUT2D eigenvalue weighted by atomic mass is 10.0. The number of rotatable bonds is 3. The van der Waals surface area contributed by atoms with Crippen LogP contribution in [-0.4, -0.2) is 12.1 Å². The molecule has 3 heteroatoms. The first kappa shape index (κ1) is 9.46. The van der Waals surface area contributed by atoms with E-state index in [1.807, 2.05) is 12.3 Å². The normalized spacial score (nSPS) is 27.1. The molecular weight excluding hydrogens is 176 g/mol. The molecule has 2 N–H and O–H groups in total. The number of nitrogens with two attached hydrogens (primary N) is 1. The second-order valence-electron chi connectivity index (χ2n) is 4.06. The van der Waals surface area contributed by atoms with E-state index in [0.29, 0.717) is 5.92 Å². The van der Waals surface area contributed by atoms with Crippen LogP contribution in [0.4, 0.5) is 0 Å². The summed E-state index contributed by atoms with van der Waals surface area (Å²) in [6.45, 7) is 2.23. The van der Waals surface area contributed by atoms with E-state index < -0.39 is 0 Å². The number of pyridine rings is 1. The predicted molar refractivity (Wildman–Crippen MR) is 55.0 cm³/mol. The van der Waals surface area contributed by atoms with Gasteiger partial charge < -0.3 is 10.5 Å². The van der Waals surface area contributed by atoms with E-state index in [2.05, 4.69) is 11.9 Å². The van der Waals surface area contributed by atoms with Gasteiger partial charge in [0.15, 0.2) is 0 Å². The van der Waals surface area contributed by atoms with Crippen molar-refractivity contribution in [2.75, 3.05) is 7.11 Å². The molecule has 1 aliphatic rings. The van der Waals surface area contributed by atoms with Crippen LogP contribution < -0.4 is 10.5 Å². The molecule has 0 bridgehead atoms. The Morgan fingerprint density at radius 2 is 2.29 bits per heavy atom. The summed E-state index contributed by atoms with van der Waals surface area (Å²) in [5.41, 5.74) is 7.20. The SMILES string of the molecule is COc1cncc(C(N)C2CC2C)c1. The number of aromatic nitrogens is 1. The standard InChI is InChI=1S/C11H16N2O/c1-7-3-10(7)11(12)8-4-9(14-2)6-13-5-8/h4-7,10-11H,3,12H2,1-2H3.